The Hall–Kier alpha value is -6.55. The minimum atomic E-state index is -1.43. The molecular weight excluding hydrogens is 1030 g/mol. The van der Waals surface area contributed by atoms with E-state index in [0.29, 0.717) is 63.4 Å². The highest BCUT2D eigenvalue weighted by atomic mass is 19.1. The third-order valence-electron chi connectivity index (χ3n) is 16.8. The lowest BCUT2D eigenvalue weighted by Crippen LogP contribution is -2.61. The molecule has 4 aromatic rings. The Balaban J connectivity index is 0.905. The van der Waals surface area contributed by atoms with Crippen molar-refractivity contribution in [1.29, 1.82) is 0 Å². The minimum Gasteiger partial charge on any atom is -0.381 e. The van der Waals surface area contributed by atoms with Crippen molar-refractivity contribution in [2.75, 3.05) is 83.4 Å². The molecule has 6 N–H and O–H groups in total. The Labute approximate surface area is 465 Å². The predicted octanol–water partition coefficient (Wildman–Crippen LogP) is 5.08. The van der Waals surface area contributed by atoms with Gasteiger partial charge in [0.15, 0.2) is 5.78 Å². The van der Waals surface area contributed by atoms with Gasteiger partial charge in [-0.2, -0.15) is 0 Å². The van der Waals surface area contributed by atoms with E-state index in [1.165, 1.54) is 23.1 Å². The number of rotatable bonds is 19. The molecule has 5 amide bonds. The first-order chi connectivity index (χ1) is 38.4. The highest BCUT2D eigenvalue weighted by Crippen LogP contribution is 2.48. The van der Waals surface area contributed by atoms with Gasteiger partial charge in [-0.1, -0.05) is 42.5 Å². The van der Waals surface area contributed by atoms with Crippen LogP contribution in [-0.2, 0) is 56.6 Å². The molecule has 4 aliphatic heterocycles. The number of hydrogen-bond acceptors (Lipinski definition) is 12. The molecule has 17 nitrogen and oxygen atoms in total. The van der Waals surface area contributed by atoms with Crippen molar-refractivity contribution in [3.8, 4) is 0 Å². The number of hydrogen-bond donors (Lipinski definition) is 6. The van der Waals surface area contributed by atoms with E-state index < -0.39 is 70.4 Å². The zero-order chi connectivity index (χ0) is 56.8. The van der Waals surface area contributed by atoms with Crippen molar-refractivity contribution in [2.45, 2.75) is 114 Å². The maximum absolute atomic E-state index is 15.0. The van der Waals surface area contributed by atoms with Crippen LogP contribution >= 0.6 is 0 Å². The lowest BCUT2D eigenvalue weighted by molar-refractivity contribution is -0.144. The smallest absolute Gasteiger partial charge is 0.252 e. The number of para-hydroxylation sites is 1. The van der Waals surface area contributed by atoms with Crippen LogP contribution < -0.4 is 31.9 Å². The summed E-state index contributed by atoms with van der Waals surface area (Å²) in [6.07, 6.45) is 1.47. The summed E-state index contributed by atoms with van der Waals surface area (Å²) in [6, 6.07) is 17.5. The predicted molar refractivity (Wildman–Crippen MR) is 295 cm³/mol. The molecule has 4 aromatic carbocycles. The number of ether oxygens (including phenoxy) is 2. The zero-order valence-electron chi connectivity index (χ0n) is 46.2. The van der Waals surface area contributed by atoms with E-state index in [4.69, 9.17) is 9.47 Å². The number of Topliss-reactive ketones (excluding diaryl/α,β-unsaturated/α-hetero) is 1. The highest BCUT2D eigenvalue weighted by Gasteiger charge is 2.49. The molecule has 3 saturated heterocycles. The van der Waals surface area contributed by atoms with E-state index in [1.54, 1.807) is 38.2 Å². The van der Waals surface area contributed by atoms with Crippen molar-refractivity contribution >= 4 is 46.7 Å². The van der Waals surface area contributed by atoms with Gasteiger partial charge in [-0.25, -0.2) is 13.2 Å². The van der Waals surface area contributed by atoms with Gasteiger partial charge in [0.05, 0.1) is 31.2 Å². The third kappa shape index (κ3) is 13.1. The Bertz CT molecular complexity index is 2920. The molecule has 8 atom stereocenters. The monoisotopic (exact) mass is 1110 g/mol. The number of carbonyl (C=O) groups excluding carboxylic acids is 6. The number of carbonyl (C=O) groups is 6. The van der Waals surface area contributed by atoms with Crippen LogP contribution in [-0.4, -0.2) is 153 Å². The van der Waals surface area contributed by atoms with E-state index in [2.05, 4.69) is 55.5 Å². The van der Waals surface area contributed by atoms with Crippen molar-refractivity contribution in [3.63, 3.8) is 0 Å². The number of piperazine rings is 1. The number of ketones is 1. The summed E-state index contributed by atoms with van der Waals surface area (Å²) in [4.78, 5) is 91.5. The number of halogens is 3. The van der Waals surface area contributed by atoms with Gasteiger partial charge < -0.3 is 46.3 Å². The first-order valence-electron chi connectivity index (χ1n) is 27.9. The van der Waals surface area contributed by atoms with Gasteiger partial charge in [-0.05, 0) is 136 Å². The molecule has 3 fully saturated rings. The number of fused-ring (bicyclic) bond motifs is 2. The molecule has 80 heavy (non-hydrogen) atoms. The third-order valence-corrected chi connectivity index (χ3v) is 16.8. The molecule has 1 aliphatic carbocycles. The maximum atomic E-state index is 15.0. The summed E-state index contributed by atoms with van der Waals surface area (Å²) in [5.41, 5.74) is 2.58. The second-order valence-corrected chi connectivity index (χ2v) is 22.5. The first kappa shape index (κ1) is 58.1. The standard InChI is InChI=1S/C60H74F3N9O8/c1-35-30-71(44(29-66-35)32-70-21-24-80-34-36(70)2)33-51(73)47-28-60(4,48-16-11-39(26-46(47)48)25-38-9-13-42(61)14-10-38)59(78)65-20-17-52(74)67-43-15-12-41-31-72(55(45(41)27-43)57(76)69-54-49(62)7-6-8-50(54)63)58(77)53(40-18-22-79-23-19-40)68-56(75)37(3)64-5/h6-16,26-27,35-37,40,44,47,53,55,64,66H,17-25,28-34H2,1-5H3,(H,65,78)(H,67,74)(H,68,75)(H,69,76)/t35-,36-,37+,44-,47?,53?,55+,60-/m1/s1. The fraction of sp³-hybridized carbons (Fsp3) is 0.500. The van der Waals surface area contributed by atoms with Gasteiger partial charge in [0.25, 0.3) is 5.91 Å². The van der Waals surface area contributed by atoms with Gasteiger partial charge in [-0.15, -0.1) is 0 Å². The van der Waals surface area contributed by atoms with Crippen LogP contribution in [0.3, 0.4) is 0 Å². The van der Waals surface area contributed by atoms with E-state index in [0.717, 1.165) is 60.1 Å². The van der Waals surface area contributed by atoms with Gasteiger partial charge in [0, 0.05) is 88.6 Å². The van der Waals surface area contributed by atoms with Crippen LogP contribution in [0.15, 0.2) is 78.9 Å². The van der Waals surface area contributed by atoms with Crippen LogP contribution in [0, 0.1) is 23.4 Å². The van der Waals surface area contributed by atoms with Crippen LogP contribution in [0.25, 0.3) is 0 Å². The van der Waals surface area contributed by atoms with Gasteiger partial charge in [-0.3, -0.25) is 38.6 Å². The molecule has 0 bridgehead atoms. The molecule has 5 aliphatic rings. The number of nitrogens with zero attached hydrogens (tertiary/aromatic N) is 3. The molecule has 4 heterocycles. The first-order valence-corrected chi connectivity index (χ1v) is 27.9. The summed E-state index contributed by atoms with van der Waals surface area (Å²) >= 11 is 0. The molecule has 20 heteroatoms. The Morgan fingerprint density at radius 1 is 0.850 bits per heavy atom. The van der Waals surface area contributed by atoms with Crippen LogP contribution in [0.4, 0.5) is 24.5 Å². The SMILES string of the molecule is CN[C@@H](C)C(=O)NC(C(=O)N1Cc2ccc(NC(=O)CCNC(=O)[C@]3(C)CC(C(=O)CN4C[C@@H](C)NC[C@@H]4CN4CCOC[C@H]4C)c4cc(Cc5ccc(F)cc5)ccc43)cc2[C@H]1C(=O)Nc1c(F)cccc1F)C1CCOCC1. The summed E-state index contributed by atoms with van der Waals surface area (Å²) in [7, 11) is 1.61. The minimum absolute atomic E-state index is 0.0150. The zero-order valence-corrected chi connectivity index (χ0v) is 46.2. The van der Waals surface area contributed by atoms with Gasteiger partial charge in [0.1, 0.15) is 35.2 Å². The van der Waals surface area contributed by atoms with Gasteiger partial charge in [0.2, 0.25) is 23.6 Å². The number of likely N-dealkylation sites (N-methyl/N-ethyl adjacent to an activating group) is 1. The number of amides is 5. The van der Waals surface area contributed by atoms with E-state index in [-0.39, 0.29) is 79.7 Å². The molecule has 0 aromatic heterocycles. The summed E-state index contributed by atoms with van der Waals surface area (Å²) < 4.78 is 55.2. The number of morpholine rings is 1. The number of anilines is 2. The fourth-order valence-corrected chi connectivity index (χ4v) is 12.0. The Morgan fingerprint density at radius 2 is 1.59 bits per heavy atom. The number of nitrogens with one attached hydrogen (secondary N) is 6. The fourth-order valence-electron chi connectivity index (χ4n) is 12.0. The van der Waals surface area contributed by atoms with Crippen LogP contribution in [0.2, 0.25) is 0 Å². The Morgan fingerprint density at radius 3 is 2.31 bits per heavy atom. The van der Waals surface area contributed by atoms with E-state index in [9.17, 15) is 33.2 Å². The Kier molecular flexibility index (Phi) is 18.5. The van der Waals surface area contributed by atoms with Gasteiger partial charge >= 0.3 is 0 Å². The summed E-state index contributed by atoms with van der Waals surface area (Å²) in [6.45, 7) is 12.9. The maximum Gasteiger partial charge on any atom is 0.252 e. The molecule has 9 rings (SSSR count). The average molecular weight is 1110 g/mol. The largest absolute Gasteiger partial charge is 0.381 e. The molecular formula is C60H74F3N9O8. The van der Waals surface area contributed by atoms with Crippen LogP contribution in [0.5, 0.6) is 0 Å². The van der Waals surface area contributed by atoms with E-state index in [1.807, 2.05) is 25.1 Å². The quantitative estimate of drug-likeness (QED) is 0.0729. The topological polar surface area (TPSA) is 203 Å². The van der Waals surface area contributed by atoms with E-state index >= 15 is 8.78 Å². The number of benzene rings is 4. The van der Waals surface area contributed by atoms with Crippen molar-refractivity contribution in [1.82, 2.24) is 36.0 Å². The van der Waals surface area contributed by atoms with Crippen molar-refractivity contribution in [3.05, 3.63) is 130 Å². The molecule has 428 valence electrons. The van der Waals surface area contributed by atoms with Crippen molar-refractivity contribution < 1.29 is 51.4 Å². The summed E-state index contributed by atoms with van der Waals surface area (Å²) in [5, 5.41) is 17.6. The summed E-state index contributed by atoms with van der Waals surface area (Å²) in [5.74, 6) is -6.04. The molecule has 0 spiro atoms. The molecule has 2 unspecified atom stereocenters. The molecule has 0 radical (unpaired) electrons. The second-order valence-electron chi connectivity index (χ2n) is 22.5. The lowest BCUT2D eigenvalue weighted by Gasteiger charge is -2.43. The van der Waals surface area contributed by atoms with Crippen molar-refractivity contribution in [2.24, 2.45) is 5.92 Å². The molecule has 0 saturated carbocycles. The normalized spacial score (nSPS) is 24.1. The average Bonchev–Trinajstić information content (AvgIpc) is 4.19. The van der Waals surface area contributed by atoms with Crippen LogP contribution in [0.1, 0.15) is 98.7 Å². The second kappa shape index (κ2) is 25.5. The lowest BCUT2D eigenvalue weighted by atomic mass is 9.81. The highest BCUT2D eigenvalue weighted by molar-refractivity contribution is 6.01.